The van der Waals surface area contributed by atoms with E-state index >= 15 is 0 Å². The van der Waals surface area contributed by atoms with Gasteiger partial charge in [-0.3, -0.25) is 4.99 Å². The van der Waals surface area contributed by atoms with E-state index in [1.54, 1.807) is 25.5 Å². The van der Waals surface area contributed by atoms with Crippen molar-refractivity contribution >= 4 is 5.96 Å². The van der Waals surface area contributed by atoms with E-state index in [0.29, 0.717) is 31.0 Å². The van der Waals surface area contributed by atoms with Gasteiger partial charge < -0.3 is 15.2 Å². The summed E-state index contributed by atoms with van der Waals surface area (Å²) in [5.41, 5.74) is 0.689. The molecule has 0 unspecified atom stereocenters. The molecule has 0 radical (unpaired) electrons. The quantitative estimate of drug-likeness (QED) is 0.633. The number of aryl methyl sites for hydroxylation is 1. The summed E-state index contributed by atoms with van der Waals surface area (Å²) in [6.07, 6.45) is 2.24. The minimum Gasteiger partial charge on any atom is -0.356 e. The molecule has 0 aliphatic heterocycles. The maximum absolute atomic E-state index is 13.5. The molecule has 6 nitrogen and oxygen atoms in total. The highest BCUT2D eigenvalue weighted by atomic mass is 19.1. The molecule has 2 aromatic rings. The summed E-state index contributed by atoms with van der Waals surface area (Å²) in [7, 11) is 3.57. The number of nitrogens with zero attached hydrogens (tertiary/aromatic N) is 4. The monoisotopic (exact) mass is 290 g/mol. The Bertz CT molecular complexity index is 607. The van der Waals surface area contributed by atoms with Crippen LogP contribution in [-0.4, -0.2) is 34.3 Å². The highest BCUT2D eigenvalue weighted by molar-refractivity contribution is 5.79. The summed E-state index contributed by atoms with van der Waals surface area (Å²) in [5, 5.41) is 14.1. The summed E-state index contributed by atoms with van der Waals surface area (Å²) >= 11 is 0. The van der Waals surface area contributed by atoms with Crippen LogP contribution in [0, 0.1) is 5.82 Å². The Morgan fingerprint density at radius 2 is 2.14 bits per heavy atom. The van der Waals surface area contributed by atoms with Crippen LogP contribution >= 0.6 is 0 Å². The number of aromatic nitrogens is 3. The van der Waals surface area contributed by atoms with Crippen LogP contribution in [-0.2, 0) is 20.0 Å². The van der Waals surface area contributed by atoms with Gasteiger partial charge in [0.05, 0.1) is 6.54 Å². The molecule has 0 atom stereocenters. The van der Waals surface area contributed by atoms with Gasteiger partial charge in [0.1, 0.15) is 12.1 Å². The molecule has 0 fully saturated rings. The van der Waals surface area contributed by atoms with Gasteiger partial charge in [0.25, 0.3) is 0 Å². The molecule has 21 heavy (non-hydrogen) atoms. The van der Waals surface area contributed by atoms with E-state index in [9.17, 15) is 4.39 Å². The maximum atomic E-state index is 13.5. The summed E-state index contributed by atoms with van der Waals surface area (Å²) in [6, 6.07) is 6.77. The molecule has 0 saturated carbocycles. The van der Waals surface area contributed by atoms with Crippen molar-refractivity contribution < 1.29 is 4.39 Å². The SMILES string of the molecule is CN=C(NCCc1ccccc1F)NCc1nncn1C. The predicted molar refractivity (Wildman–Crippen MR) is 79.3 cm³/mol. The van der Waals surface area contributed by atoms with Crippen molar-refractivity contribution in [1.82, 2.24) is 25.4 Å². The Morgan fingerprint density at radius 1 is 1.33 bits per heavy atom. The first-order chi connectivity index (χ1) is 10.2. The van der Waals surface area contributed by atoms with E-state index in [1.165, 1.54) is 6.07 Å². The molecule has 2 N–H and O–H groups in total. The number of guanidine groups is 1. The van der Waals surface area contributed by atoms with E-state index in [0.717, 1.165) is 5.82 Å². The Hall–Kier alpha value is -2.44. The normalized spacial score (nSPS) is 11.5. The van der Waals surface area contributed by atoms with Crippen LogP contribution in [0.25, 0.3) is 0 Å². The standard InChI is InChI=1S/C14H19FN6/c1-16-14(18-9-13-20-19-10-21(13)2)17-8-7-11-5-3-4-6-12(11)15/h3-6,10H,7-9H2,1-2H3,(H2,16,17,18). The van der Waals surface area contributed by atoms with Crippen molar-refractivity contribution in [1.29, 1.82) is 0 Å². The second-order valence-corrected chi connectivity index (χ2v) is 4.55. The molecule has 1 aromatic carbocycles. The van der Waals surface area contributed by atoms with Crippen LogP contribution in [0.3, 0.4) is 0 Å². The lowest BCUT2D eigenvalue weighted by Gasteiger charge is -2.11. The number of hydrogen-bond acceptors (Lipinski definition) is 3. The summed E-state index contributed by atoms with van der Waals surface area (Å²) in [4.78, 5) is 4.11. The lowest BCUT2D eigenvalue weighted by atomic mass is 10.1. The van der Waals surface area contributed by atoms with E-state index in [4.69, 9.17) is 0 Å². The van der Waals surface area contributed by atoms with Gasteiger partial charge in [0.15, 0.2) is 11.8 Å². The maximum Gasteiger partial charge on any atom is 0.191 e. The second kappa shape index (κ2) is 7.37. The second-order valence-electron chi connectivity index (χ2n) is 4.55. The van der Waals surface area contributed by atoms with E-state index in [-0.39, 0.29) is 5.82 Å². The van der Waals surface area contributed by atoms with Gasteiger partial charge in [0.2, 0.25) is 0 Å². The van der Waals surface area contributed by atoms with Gasteiger partial charge in [-0.1, -0.05) is 18.2 Å². The Kier molecular flexibility index (Phi) is 5.25. The third-order valence-corrected chi connectivity index (χ3v) is 3.09. The Morgan fingerprint density at radius 3 is 2.81 bits per heavy atom. The fourth-order valence-corrected chi connectivity index (χ4v) is 1.87. The Balaban J connectivity index is 1.78. The van der Waals surface area contributed by atoms with E-state index < -0.39 is 0 Å². The first-order valence-corrected chi connectivity index (χ1v) is 6.71. The van der Waals surface area contributed by atoms with Crippen LogP contribution < -0.4 is 10.6 Å². The van der Waals surface area contributed by atoms with Crippen LogP contribution in [0.4, 0.5) is 4.39 Å². The molecule has 7 heteroatoms. The third kappa shape index (κ3) is 4.27. The van der Waals surface area contributed by atoms with Crippen molar-refractivity contribution in [3.63, 3.8) is 0 Å². The zero-order valence-electron chi connectivity index (χ0n) is 12.2. The molecule has 0 aliphatic rings. The average Bonchev–Trinajstić information content (AvgIpc) is 2.90. The zero-order valence-corrected chi connectivity index (χ0v) is 12.2. The minimum atomic E-state index is -0.179. The first kappa shape index (κ1) is 15.0. The van der Waals surface area contributed by atoms with Crippen LogP contribution in [0.2, 0.25) is 0 Å². The number of nitrogens with one attached hydrogen (secondary N) is 2. The van der Waals surface area contributed by atoms with Crippen LogP contribution in [0.5, 0.6) is 0 Å². The van der Waals surface area contributed by atoms with Crippen molar-refractivity contribution in [3.8, 4) is 0 Å². The first-order valence-electron chi connectivity index (χ1n) is 6.71. The van der Waals surface area contributed by atoms with Gasteiger partial charge in [-0.2, -0.15) is 0 Å². The molecular formula is C14H19FN6. The van der Waals surface area contributed by atoms with Crippen molar-refractivity contribution in [2.45, 2.75) is 13.0 Å². The van der Waals surface area contributed by atoms with Crippen molar-refractivity contribution in [2.75, 3.05) is 13.6 Å². The molecule has 1 heterocycles. The highest BCUT2D eigenvalue weighted by Gasteiger charge is 2.04. The highest BCUT2D eigenvalue weighted by Crippen LogP contribution is 2.06. The fourth-order valence-electron chi connectivity index (χ4n) is 1.87. The van der Waals surface area contributed by atoms with Gasteiger partial charge in [0, 0.05) is 20.6 Å². The minimum absolute atomic E-state index is 0.179. The van der Waals surface area contributed by atoms with E-state index in [1.807, 2.05) is 17.7 Å². The number of hydrogen-bond donors (Lipinski definition) is 2. The van der Waals surface area contributed by atoms with Gasteiger partial charge in [-0.15, -0.1) is 10.2 Å². The number of halogens is 1. The smallest absolute Gasteiger partial charge is 0.191 e. The topological polar surface area (TPSA) is 67.1 Å². The van der Waals surface area contributed by atoms with Gasteiger partial charge in [-0.05, 0) is 18.1 Å². The predicted octanol–water partition coefficient (Wildman–Crippen LogP) is 0.862. The molecular weight excluding hydrogens is 271 g/mol. The number of benzene rings is 1. The van der Waals surface area contributed by atoms with Crippen molar-refractivity contribution in [3.05, 3.63) is 47.8 Å². The lowest BCUT2D eigenvalue weighted by molar-refractivity contribution is 0.606. The molecule has 0 spiro atoms. The molecule has 0 bridgehead atoms. The largest absolute Gasteiger partial charge is 0.356 e. The molecule has 1 aromatic heterocycles. The Labute approximate surface area is 123 Å². The third-order valence-electron chi connectivity index (χ3n) is 3.09. The molecule has 2 rings (SSSR count). The summed E-state index contributed by atoms with van der Waals surface area (Å²) < 4.78 is 15.3. The number of rotatable bonds is 5. The summed E-state index contributed by atoms with van der Waals surface area (Å²) in [5.74, 6) is 1.28. The molecule has 0 saturated heterocycles. The van der Waals surface area contributed by atoms with Crippen LogP contribution in [0.15, 0.2) is 35.6 Å². The molecule has 0 aliphatic carbocycles. The van der Waals surface area contributed by atoms with Gasteiger partial charge in [-0.25, -0.2) is 4.39 Å². The summed E-state index contributed by atoms with van der Waals surface area (Å²) in [6.45, 7) is 1.12. The molecule has 112 valence electrons. The van der Waals surface area contributed by atoms with E-state index in [2.05, 4.69) is 25.8 Å². The van der Waals surface area contributed by atoms with Crippen molar-refractivity contribution in [2.24, 2.45) is 12.0 Å². The molecule has 0 amide bonds. The lowest BCUT2D eigenvalue weighted by Crippen LogP contribution is -2.38. The van der Waals surface area contributed by atoms with Gasteiger partial charge >= 0.3 is 0 Å². The average molecular weight is 290 g/mol. The zero-order chi connectivity index (χ0) is 15.1. The fraction of sp³-hybridized carbons (Fsp3) is 0.357. The van der Waals surface area contributed by atoms with Crippen LogP contribution in [0.1, 0.15) is 11.4 Å². The number of aliphatic imine (C=N–C) groups is 1.